The molecule has 1 aromatic rings. The summed E-state index contributed by atoms with van der Waals surface area (Å²) in [4.78, 5) is 25.0. The number of carbonyl (C=O) groups excluding carboxylic acids is 2. The molecule has 2 aliphatic heterocycles. The van der Waals surface area contributed by atoms with Crippen LogP contribution < -0.4 is 14.6 Å². The average Bonchev–Trinajstić information content (AvgIpc) is 2.99. The maximum absolute atomic E-state index is 12.5. The number of methoxy groups -OCH3 is 2. The number of carboxylic acids is 1. The summed E-state index contributed by atoms with van der Waals surface area (Å²) in [6, 6.07) is 2.60. The second-order valence-electron chi connectivity index (χ2n) is 4.50. The van der Waals surface area contributed by atoms with Crippen molar-refractivity contribution in [2.24, 2.45) is 0 Å². The van der Waals surface area contributed by atoms with Gasteiger partial charge in [0.25, 0.3) is 5.91 Å². The van der Waals surface area contributed by atoms with Crippen LogP contribution in [0.3, 0.4) is 0 Å². The van der Waals surface area contributed by atoms with E-state index < -0.39 is 12.0 Å². The first-order chi connectivity index (χ1) is 9.60. The van der Waals surface area contributed by atoms with Crippen LogP contribution in [0.15, 0.2) is 12.1 Å². The quantitative estimate of drug-likeness (QED) is 0.782. The van der Waals surface area contributed by atoms with Gasteiger partial charge in [0.1, 0.15) is 5.37 Å². The lowest BCUT2D eigenvalue weighted by Gasteiger charge is -2.23. The van der Waals surface area contributed by atoms with Crippen LogP contribution in [0.5, 0.6) is 11.5 Å². The molecule has 2 aliphatic rings. The number of nitrogens with zero attached hydrogens (tertiary/aromatic N) is 1. The van der Waals surface area contributed by atoms with Gasteiger partial charge in [0, 0.05) is 11.3 Å². The topological polar surface area (TPSA) is 78.9 Å². The van der Waals surface area contributed by atoms with E-state index in [4.69, 9.17) is 9.47 Å². The maximum atomic E-state index is 12.5. The molecule has 0 unspecified atom stereocenters. The summed E-state index contributed by atoms with van der Waals surface area (Å²) >= 11 is 1.42. The minimum absolute atomic E-state index is 0.291. The van der Waals surface area contributed by atoms with E-state index in [2.05, 4.69) is 0 Å². The van der Waals surface area contributed by atoms with Crippen molar-refractivity contribution in [2.75, 3.05) is 20.0 Å². The van der Waals surface area contributed by atoms with E-state index in [0.29, 0.717) is 22.8 Å². The highest BCUT2D eigenvalue weighted by atomic mass is 32.2. The monoisotopic (exact) mass is 294 g/mol. The van der Waals surface area contributed by atoms with Crippen LogP contribution >= 0.6 is 11.8 Å². The van der Waals surface area contributed by atoms with Crippen LogP contribution in [0.1, 0.15) is 21.3 Å². The van der Waals surface area contributed by atoms with Gasteiger partial charge in [-0.3, -0.25) is 4.79 Å². The molecule has 106 valence electrons. The Hall–Kier alpha value is -1.89. The van der Waals surface area contributed by atoms with Crippen molar-refractivity contribution in [3.8, 4) is 11.5 Å². The Bertz CT molecular complexity index is 603. The van der Waals surface area contributed by atoms with E-state index in [-0.39, 0.29) is 11.3 Å². The van der Waals surface area contributed by atoms with Crippen LogP contribution in [-0.2, 0) is 4.79 Å². The number of ether oxygens (including phenoxy) is 2. The highest BCUT2D eigenvalue weighted by Crippen LogP contribution is 2.52. The predicted octanol–water partition coefficient (Wildman–Crippen LogP) is 0.0235. The zero-order valence-corrected chi connectivity index (χ0v) is 11.7. The third-order valence-electron chi connectivity index (χ3n) is 3.56. The lowest BCUT2D eigenvalue weighted by molar-refractivity contribution is -0.309. The smallest absolute Gasteiger partial charge is 0.259 e. The number of hydrogen-bond donors (Lipinski definition) is 0. The summed E-state index contributed by atoms with van der Waals surface area (Å²) in [5.74, 6) is -0.433. The molecule has 1 amide bonds. The fourth-order valence-corrected chi connectivity index (χ4v) is 4.11. The number of amides is 1. The average molecular weight is 294 g/mol. The highest BCUT2D eigenvalue weighted by molar-refractivity contribution is 7.99. The summed E-state index contributed by atoms with van der Waals surface area (Å²) in [7, 11) is 2.95. The number of carboxylic acid groups (broad SMARTS) is 1. The standard InChI is InChI=1S/C13H13NO5S/c1-18-8-4-3-6-9(10(8)19-2)11(15)14-7(13(16)17)5-20-12(6)14/h3-4,7,12H,5H2,1-2H3,(H,16,17)/p-1/t7-,12-/m0/s1. The fourth-order valence-electron chi connectivity index (χ4n) is 2.67. The molecule has 1 aromatic carbocycles. The van der Waals surface area contributed by atoms with Crippen molar-refractivity contribution >= 4 is 23.6 Å². The van der Waals surface area contributed by atoms with Crippen molar-refractivity contribution in [3.05, 3.63) is 23.3 Å². The molecule has 2 heterocycles. The molecule has 0 aliphatic carbocycles. The third-order valence-corrected chi connectivity index (χ3v) is 4.87. The van der Waals surface area contributed by atoms with Gasteiger partial charge in [0.2, 0.25) is 0 Å². The number of aliphatic carboxylic acids is 1. The normalized spacial score (nSPS) is 23.5. The second kappa shape index (κ2) is 4.59. The van der Waals surface area contributed by atoms with Crippen molar-refractivity contribution < 1.29 is 24.2 Å². The van der Waals surface area contributed by atoms with E-state index in [0.717, 1.165) is 5.56 Å². The molecular weight excluding hydrogens is 282 g/mol. The van der Waals surface area contributed by atoms with Gasteiger partial charge in [-0.1, -0.05) is 6.07 Å². The minimum Gasteiger partial charge on any atom is -0.548 e. The van der Waals surface area contributed by atoms with Crippen molar-refractivity contribution in [2.45, 2.75) is 11.4 Å². The van der Waals surface area contributed by atoms with Gasteiger partial charge in [-0.05, 0) is 6.07 Å². The Morgan fingerprint density at radius 3 is 2.75 bits per heavy atom. The molecular formula is C13H12NO5S-. The van der Waals surface area contributed by atoms with E-state index in [1.54, 1.807) is 12.1 Å². The SMILES string of the molecule is COc1ccc2c(c1OC)C(=O)N1[C@H](C(=O)[O-])CS[C@@H]21. The van der Waals surface area contributed by atoms with E-state index in [9.17, 15) is 14.7 Å². The molecule has 2 atom stereocenters. The van der Waals surface area contributed by atoms with Crippen LogP contribution in [0.25, 0.3) is 0 Å². The molecule has 3 rings (SSSR count). The first kappa shape index (κ1) is 13.1. The van der Waals surface area contributed by atoms with Gasteiger partial charge in [-0.2, -0.15) is 0 Å². The molecule has 1 saturated heterocycles. The molecule has 0 aromatic heterocycles. The molecule has 7 heteroatoms. The Balaban J connectivity index is 2.13. The summed E-state index contributed by atoms with van der Waals surface area (Å²) in [6.07, 6.45) is 0. The Morgan fingerprint density at radius 2 is 2.15 bits per heavy atom. The number of benzene rings is 1. The van der Waals surface area contributed by atoms with Crippen LogP contribution in [-0.4, -0.2) is 42.8 Å². The Kier molecular flexibility index (Phi) is 3.01. The molecule has 1 fully saturated rings. The molecule has 0 saturated carbocycles. The number of hydrogen-bond acceptors (Lipinski definition) is 6. The van der Waals surface area contributed by atoms with E-state index >= 15 is 0 Å². The van der Waals surface area contributed by atoms with Crippen molar-refractivity contribution in [1.29, 1.82) is 0 Å². The van der Waals surface area contributed by atoms with E-state index in [1.807, 2.05) is 0 Å². The first-order valence-electron chi connectivity index (χ1n) is 6.00. The molecule has 0 bridgehead atoms. The number of fused-ring (bicyclic) bond motifs is 3. The first-order valence-corrected chi connectivity index (χ1v) is 7.05. The Morgan fingerprint density at radius 1 is 1.40 bits per heavy atom. The molecule has 0 radical (unpaired) electrons. The molecule has 20 heavy (non-hydrogen) atoms. The van der Waals surface area contributed by atoms with Gasteiger partial charge >= 0.3 is 0 Å². The van der Waals surface area contributed by atoms with Crippen molar-refractivity contribution in [3.63, 3.8) is 0 Å². The number of rotatable bonds is 3. The van der Waals surface area contributed by atoms with Crippen LogP contribution in [0, 0.1) is 0 Å². The summed E-state index contributed by atoms with van der Waals surface area (Å²) in [6.45, 7) is 0. The largest absolute Gasteiger partial charge is 0.548 e. The zero-order valence-electron chi connectivity index (χ0n) is 10.9. The van der Waals surface area contributed by atoms with E-state index in [1.165, 1.54) is 30.9 Å². The Labute approximate surface area is 119 Å². The van der Waals surface area contributed by atoms with Crippen LogP contribution in [0.2, 0.25) is 0 Å². The predicted molar refractivity (Wildman–Crippen MR) is 69.7 cm³/mol. The zero-order chi connectivity index (χ0) is 14.4. The molecule has 6 nitrogen and oxygen atoms in total. The highest BCUT2D eigenvalue weighted by Gasteiger charge is 2.48. The maximum Gasteiger partial charge on any atom is 0.259 e. The number of carbonyl (C=O) groups is 2. The molecule has 0 N–H and O–H groups in total. The van der Waals surface area contributed by atoms with Gasteiger partial charge in [0.15, 0.2) is 11.5 Å². The van der Waals surface area contributed by atoms with Crippen LogP contribution in [0.4, 0.5) is 0 Å². The summed E-state index contributed by atoms with van der Waals surface area (Å²) in [5.41, 5.74) is 1.15. The fraction of sp³-hybridized carbons (Fsp3) is 0.385. The van der Waals surface area contributed by atoms with Gasteiger partial charge in [0.05, 0.1) is 31.8 Å². The van der Waals surface area contributed by atoms with Gasteiger partial charge in [-0.25, -0.2) is 0 Å². The number of thioether (sulfide) groups is 1. The molecule has 0 spiro atoms. The second-order valence-corrected chi connectivity index (χ2v) is 5.61. The summed E-state index contributed by atoms with van der Waals surface area (Å²) < 4.78 is 10.4. The van der Waals surface area contributed by atoms with Crippen molar-refractivity contribution in [1.82, 2.24) is 4.90 Å². The lowest BCUT2D eigenvalue weighted by Crippen LogP contribution is -2.47. The lowest BCUT2D eigenvalue weighted by atomic mass is 10.1. The summed E-state index contributed by atoms with van der Waals surface area (Å²) in [5, 5.41) is 10.9. The van der Waals surface area contributed by atoms with Gasteiger partial charge in [-0.15, -0.1) is 11.8 Å². The van der Waals surface area contributed by atoms with Gasteiger partial charge < -0.3 is 24.3 Å². The third kappa shape index (κ3) is 1.59. The minimum atomic E-state index is -1.23.